The van der Waals surface area contributed by atoms with Gasteiger partial charge in [0.2, 0.25) is 0 Å². The first-order valence-electron chi connectivity index (χ1n) is 6.51. The molecule has 1 aromatic carbocycles. The number of anilines is 1. The van der Waals surface area contributed by atoms with Gasteiger partial charge in [-0.05, 0) is 18.6 Å². The van der Waals surface area contributed by atoms with Crippen molar-refractivity contribution in [2.24, 2.45) is 0 Å². The van der Waals surface area contributed by atoms with Crippen molar-refractivity contribution in [1.82, 2.24) is 5.32 Å². The molecule has 1 rings (SSSR count). The van der Waals surface area contributed by atoms with Gasteiger partial charge in [0, 0.05) is 12.7 Å². The topological polar surface area (TPSA) is 74.2 Å². The fourth-order valence-corrected chi connectivity index (χ4v) is 1.54. The van der Waals surface area contributed by atoms with Crippen LogP contribution in [0, 0.1) is 11.3 Å². The summed E-state index contributed by atoms with van der Waals surface area (Å²) in [5.74, 6) is 0.274. The van der Waals surface area contributed by atoms with Crippen LogP contribution in [0.4, 0.5) is 5.69 Å². The monoisotopic (exact) mass is 273 g/mol. The number of carbonyl (C=O) groups excluding carboxylic acids is 1. The van der Waals surface area contributed by atoms with E-state index in [4.69, 9.17) is 10.00 Å². The number of ether oxygens (including phenoxy) is 1. The molecule has 1 aromatic rings. The number of hydrogen-bond acceptors (Lipinski definition) is 4. The van der Waals surface area contributed by atoms with E-state index in [1.54, 1.807) is 19.2 Å². The lowest BCUT2D eigenvalue weighted by Gasteiger charge is -2.08. The molecule has 0 aliphatic heterocycles. The van der Waals surface area contributed by atoms with Crippen molar-refractivity contribution in [2.75, 3.05) is 19.0 Å². The number of amides is 1. The molecule has 0 fully saturated rings. The standard InChI is InChI=1S/C15H19N3O2/c1-3-4-9-17-15(19)12(10-16)11-18-13-7-5-6-8-14(13)20-2/h5-8,11,18H,3-4,9H2,1-2H3,(H,17,19)/b12-11-. The molecule has 0 saturated heterocycles. The minimum Gasteiger partial charge on any atom is -0.495 e. The van der Waals surface area contributed by atoms with E-state index in [0.29, 0.717) is 18.0 Å². The largest absolute Gasteiger partial charge is 0.495 e. The van der Waals surface area contributed by atoms with E-state index in [9.17, 15) is 4.79 Å². The molecular formula is C15H19N3O2. The second kappa shape index (κ2) is 8.59. The highest BCUT2D eigenvalue weighted by Crippen LogP contribution is 2.23. The van der Waals surface area contributed by atoms with Gasteiger partial charge in [0.1, 0.15) is 17.4 Å². The highest BCUT2D eigenvalue weighted by atomic mass is 16.5. The lowest BCUT2D eigenvalue weighted by Crippen LogP contribution is -2.25. The van der Waals surface area contributed by atoms with Crippen LogP contribution in [-0.4, -0.2) is 19.6 Å². The Morgan fingerprint density at radius 1 is 1.45 bits per heavy atom. The minimum absolute atomic E-state index is 0.0343. The van der Waals surface area contributed by atoms with Gasteiger partial charge in [0.05, 0.1) is 12.8 Å². The van der Waals surface area contributed by atoms with Crippen LogP contribution >= 0.6 is 0 Å². The zero-order chi connectivity index (χ0) is 14.8. The van der Waals surface area contributed by atoms with Gasteiger partial charge < -0.3 is 15.4 Å². The summed E-state index contributed by atoms with van der Waals surface area (Å²) < 4.78 is 5.18. The molecular weight excluding hydrogens is 254 g/mol. The second-order valence-corrected chi connectivity index (χ2v) is 4.12. The molecule has 0 saturated carbocycles. The quantitative estimate of drug-likeness (QED) is 0.454. The van der Waals surface area contributed by atoms with E-state index in [2.05, 4.69) is 10.6 Å². The third-order valence-electron chi connectivity index (χ3n) is 2.66. The third-order valence-corrected chi connectivity index (χ3v) is 2.66. The fourth-order valence-electron chi connectivity index (χ4n) is 1.54. The van der Waals surface area contributed by atoms with E-state index in [-0.39, 0.29) is 11.5 Å². The van der Waals surface area contributed by atoms with Gasteiger partial charge >= 0.3 is 0 Å². The highest BCUT2D eigenvalue weighted by molar-refractivity contribution is 5.97. The van der Waals surface area contributed by atoms with Crippen LogP contribution in [0.3, 0.4) is 0 Å². The lowest BCUT2D eigenvalue weighted by molar-refractivity contribution is -0.117. The zero-order valence-electron chi connectivity index (χ0n) is 11.8. The van der Waals surface area contributed by atoms with Crippen molar-refractivity contribution < 1.29 is 9.53 Å². The molecule has 20 heavy (non-hydrogen) atoms. The number of para-hydroxylation sites is 2. The van der Waals surface area contributed by atoms with E-state index in [0.717, 1.165) is 12.8 Å². The molecule has 2 N–H and O–H groups in total. The molecule has 5 heteroatoms. The van der Waals surface area contributed by atoms with Gasteiger partial charge in [-0.25, -0.2) is 0 Å². The molecule has 0 radical (unpaired) electrons. The Morgan fingerprint density at radius 2 is 2.20 bits per heavy atom. The molecule has 0 bridgehead atoms. The van der Waals surface area contributed by atoms with Crippen molar-refractivity contribution in [1.29, 1.82) is 5.26 Å². The summed E-state index contributed by atoms with van der Waals surface area (Å²) in [6, 6.07) is 9.17. The Balaban J connectivity index is 2.70. The molecule has 0 aromatic heterocycles. The first-order chi connectivity index (χ1) is 9.72. The number of methoxy groups -OCH3 is 1. The van der Waals surface area contributed by atoms with E-state index < -0.39 is 0 Å². The van der Waals surface area contributed by atoms with E-state index >= 15 is 0 Å². The first-order valence-corrected chi connectivity index (χ1v) is 6.51. The summed E-state index contributed by atoms with van der Waals surface area (Å²) in [4.78, 5) is 11.8. The summed E-state index contributed by atoms with van der Waals surface area (Å²) in [5.41, 5.74) is 0.733. The molecule has 0 aliphatic carbocycles. The Hall–Kier alpha value is -2.48. The Labute approximate surface area is 119 Å². The van der Waals surface area contributed by atoms with Crippen LogP contribution in [0.2, 0.25) is 0 Å². The Kier molecular flexibility index (Phi) is 6.69. The van der Waals surface area contributed by atoms with Crippen molar-refractivity contribution in [2.45, 2.75) is 19.8 Å². The van der Waals surface area contributed by atoms with Crippen molar-refractivity contribution in [3.05, 3.63) is 36.0 Å². The molecule has 106 valence electrons. The predicted molar refractivity (Wildman–Crippen MR) is 78.2 cm³/mol. The van der Waals surface area contributed by atoms with Gasteiger partial charge in [-0.15, -0.1) is 0 Å². The van der Waals surface area contributed by atoms with Gasteiger partial charge in [-0.1, -0.05) is 25.5 Å². The molecule has 5 nitrogen and oxygen atoms in total. The maximum Gasteiger partial charge on any atom is 0.263 e. The normalized spacial score (nSPS) is 10.6. The van der Waals surface area contributed by atoms with E-state index in [1.165, 1.54) is 6.20 Å². The molecule has 0 unspecified atom stereocenters. The maximum absolute atomic E-state index is 11.8. The number of rotatable bonds is 7. The van der Waals surface area contributed by atoms with Crippen LogP contribution in [-0.2, 0) is 4.79 Å². The molecule has 0 heterocycles. The molecule has 1 amide bonds. The van der Waals surface area contributed by atoms with E-state index in [1.807, 2.05) is 25.1 Å². The number of benzene rings is 1. The average molecular weight is 273 g/mol. The van der Waals surface area contributed by atoms with Crippen molar-refractivity contribution in [3.8, 4) is 11.8 Å². The SMILES string of the molecule is CCCCNC(=O)/C(C#N)=C\Nc1ccccc1OC. The molecule has 0 aliphatic rings. The first kappa shape index (κ1) is 15.6. The van der Waals surface area contributed by atoms with Gasteiger partial charge in [0.25, 0.3) is 5.91 Å². The van der Waals surface area contributed by atoms with Crippen LogP contribution in [0.1, 0.15) is 19.8 Å². The number of nitrogens with zero attached hydrogens (tertiary/aromatic N) is 1. The number of carbonyl (C=O) groups is 1. The summed E-state index contributed by atoms with van der Waals surface area (Å²) in [6.07, 6.45) is 3.27. The summed E-state index contributed by atoms with van der Waals surface area (Å²) in [5, 5.41) is 14.6. The maximum atomic E-state index is 11.8. The Bertz CT molecular complexity index is 518. The van der Waals surface area contributed by atoms with Gasteiger partial charge in [0.15, 0.2) is 0 Å². The molecule has 0 spiro atoms. The summed E-state index contributed by atoms with van der Waals surface area (Å²) >= 11 is 0. The van der Waals surface area contributed by atoms with Crippen LogP contribution in [0.5, 0.6) is 5.75 Å². The van der Waals surface area contributed by atoms with Crippen LogP contribution in [0.15, 0.2) is 36.0 Å². The average Bonchev–Trinajstić information content (AvgIpc) is 2.48. The summed E-state index contributed by atoms with van der Waals surface area (Å²) in [6.45, 7) is 2.61. The second-order valence-electron chi connectivity index (χ2n) is 4.12. The highest BCUT2D eigenvalue weighted by Gasteiger charge is 2.08. The minimum atomic E-state index is -0.372. The Morgan fingerprint density at radius 3 is 2.85 bits per heavy atom. The predicted octanol–water partition coefficient (Wildman–Crippen LogP) is 2.43. The van der Waals surface area contributed by atoms with Crippen molar-refractivity contribution in [3.63, 3.8) is 0 Å². The van der Waals surface area contributed by atoms with Gasteiger partial charge in [-0.3, -0.25) is 4.79 Å². The smallest absolute Gasteiger partial charge is 0.263 e. The van der Waals surface area contributed by atoms with Crippen molar-refractivity contribution >= 4 is 11.6 Å². The fraction of sp³-hybridized carbons (Fsp3) is 0.333. The van der Waals surface area contributed by atoms with Crippen LogP contribution in [0.25, 0.3) is 0 Å². The number of hydrogen-bond donors (Lipinski definition) is 2. The zero-order valence-corrected chi connectivity index (χ0v) is 11.8. The number of nitriles is 1. The molecule has 0 atom stereocenters. The van der Waals surface area contributed by atoms with Gasteiger partial charge in [-0.2, -0.15) is 5.26 Å². The number of unbranched alkanes of at least 4 members (excludes halogenated alkanes) is 1. The van der Waals surface area contributed by atoms with Crippen LogP contribution < -0.4 is 15.4 Å². The lowest BCUT2D eigenvalue weighted by atomic mass is 10.2. The third kappa shape index (κ3) is 4.65. The summed E-state index contributed by atoms with van der Waals surface area (Å²) in [7, 11) is 1.56. The number of nitrogens with one attached hydrogen (secondary N) is 2.